The Morgan fingerprint density at radius 1 is 1.14 bits per heavy atom. The summed E-state index contributed by atoms with van der Waals surface area (Å²) in [7, 11) is 2.03. The van der Waals surface area contributed by atoms with Crippen molar-refractivity contribution < 1.29 is 19.1 Å². The number of hydrogen-bond acceptors (Lipinski definition) is 8. The van der Waals surface area contributed by atoms with Crippen LogP contribution in [0, 0.1) is 5.92 Å². The Bertz CT molecular complexity index is 1870. The summed E-state index contributed by atoms with van der Waals surface area (Å²) in [4.78, 5) is 57.5. The molecule has 49 heavy (non-hydrogen) atoms. The number of nitrogens with zero attached hydrogens (tertiary/aromatic N) is 6. The SMILES string of the molecule is CCOC(=O)C1CCCN(C(=O)c2ccc3c(c2)nc2n3C(CCCN=C(N)N)C(=O)Nc3ccc(N(C)CCc4ccccn4)cc3-2)C1. The van der Waals surface area contributed by atoms with Gasteiger partial charge in [-0.05, 0) is 81.1 Å². The summed E-state index contributed by atoms with van der Waals surface area (Å²) in [6.45, 7) is 4.10. The van der Waals surface area contributed by atoms with Gasteiger partial charge in [0.25, 0.3) is 5.91 Å². The number of aliphatic imine (C=N–C) groups is 1. The number of benzene rings is 2. The monoisotopic (exact) mass is 665 g/mol. The zero-order valence-electron chi connectivity index (χ0n) is 28.0. The molecule has 2 aromatic carbocycles. The number of ether oxygens (including phenoxy) is 1. The molecule has 0 spiro atoms. The first-order valence-corrected chi connectivity index (χ1v) is 16.8. The summed E-state index contributed by atoms with van der Waals surface area (Å²) in [6, 6.07) is 16.7. The lowest BCUT2D eigenvalue weighted by molar-refractivity contribution is -0.149. The van der Waals surface area contributed by atoms with Gasteiger partial charge in [-0.15, -0.1) is 0 Å². The third-order valence-corrected chi connectivity index (χ3v) is 9.18. The van der Waals surface area contributed by atoms with Crippen molar-refractivity contribution in [3.63, 3.8) is 0 Å². The van der Waals surface area contributed by atoms with Crippen LogP contribution < -0.4 is 21.7 Å². The molecule has 256 valence electrons. The number of imidazole rings is 1. The van der Waals surface area contributed by atoms with Crippen LogP contribution in [0.3, 0.4) is 0 Å². The van der Waals surface area contributed by atoms with Gasteiger partial charge in [0.15, 0.2) is 5.96 Å². The van der Waals surface area contributed by atoms with E-state index >= 15 is 0 Å². The fourth-order valence-electron chi connectivity index (χ4n) is 6.64. The average Bonchev–Trinajstić information content (AvgIpc) is 3.44. The number of carbonyl (C=O) groups is 3. The molecule has 1 saturated heterocycles. The lowest BCUT2D eigenvalue weighted by Crippen LogP contribution is -2.42. The Labute approximate surface area is 285 Å². The number of likely N-dealkylation sites (tertiary alicyclic amines) is 1. The van der Waals surface area contributed by atoms with Crippen LogP contribution in [-0.4, -0.2) is 83.0 Å². The number of rotatable bonds is 11. The van der Waals surface area contributed by atoms with Crippen LogP contribution in [0.5, 0.6) is 0 Å². The molecule has 5 N–H and O–H groups in total. The molecular formula is C36H43N9O4. The number of esters is 1. The first kappa shape index (κ1) is 33.4. The molecule has 0 radical (unpaired) electrons. The first-order valence-electron chi connectivity index (χ1n) is 16.8. The zero-order chi connectivity index (χ0) is 34.5. The van der Waals surface area contributed by atoms with Gasteiger partial charge in [-0.3, -0.25) is 24.4 Å². The minimum absolute atomic E-state index is 0.00525. The number of nitrogens with two attached hydrogens (primary N) is 2. The molecule has 2 amide bonds. The summed E-state index contributed by atoms with van der Waals surface area (Å²) in [5.74, 6) is -0.304. The van der Waals surface area contributed by atoms with Gasteiger partial charge >= 0.3 is 5.97 Å². The van der Waals surface area contributed by atoms with Gasteiger partial charge in [-0.1, -0.05) is 6.07 Å². The van der Waals surface area contributed by atoms with E-state index in [1.165, 1.54) is 0 Å². The van der Waals surface area contributed by atoms with E-state index in [1.807, 2.05) is 54.1 Å². The molecule has 2 unspecified atom stereocenters. The van der Waals surface area contributed by atoms with E-state index in [2.05, 4.69) is 20.2 Å². The lowest BCUT2D eigenvalue weighted by Gasteiger charge is -2.31. The number of aromatic nitrogens is 3. The lowest BCUT2D eigenvalue weighted by atomic mass is 9.97. The summed E-state index contributed by atoms with van der Waals surface area (Å²) in [6.07, 6.45) is 5.03. The van der Waals surface area contributed by atoms with E-state index in [0.717, 1.165) is 41.8 Å². The van der Waals surface area contributed by atoms with Crippen molar-refractivity contribution in [2.45, 2.75) is 45.1 Å². The van der Waals surface area contributed by atoms with Crippen molar-refractivity contribution in [1.29, 1.82) is 0 Å². The third-order valence-electron chi connectivity index (χ3n) is 9.18. The van der Waals surface area contributed by atoms with Gasteiger partial charge in [0.2, 0.25) is 5.91 Å². The molecule has 2 atom stereocenters. The Hall–Kier alpha value is -5.46. The largest absolute Gasteiger partial charge is 0.466 e. The normalized spacial score (nSPS) is 17.0. The van der Waals surface area contributed by atoms with E-state index in [0.29, 0.717) is 68.1 Å². The van der Waals surface area contributed by atoms with Crippen molar-refractivity contribution in [2.24, 2.45) is 22.4 Å². The Morgan fingerprint density at radius 3 is 2.78 bits per heavy atom. The van der Waals surface area contributed by atoms with Crippen molar-refractivity contribution in [2.75, 3.05) is 50.1 Å². The van der Waals surface area contributed by atoms with Crippen LogP contribution in [0.4, 0.5) is 11.4 Å². The first-order chi connectivity index (χ1) is 23.7. The van der Waals surface area contributed by atoms with Crippen LogP contribution in [0.25, 0.3) is 22.4 Å². The summed E-state index contributed by atoms with van der Waals surface area (Å²) in [5.41, 5.74) is 16.3. The highest BCUT2D eigenvalue weighted by atomic mass is 16.5. The number of nitrogens with one attached hydrogen (secondary N) is 1. The molecular weight excluding hydrogens is 622 g/mol. The minimum atomic E-state index is -0.596. The maximum absolute atomic E-state index is 13.8. The summed E-state index contributed by atoms with van der Waals surface area (Å²) >= 11 is 0. The number of carbonyl (C=O) groups excluding carboxylic acids is 3. The Morgan fingerprint density at radius 2 is 2.00 bits per heavy atom. The number of guanidine groups is 1. The second-order valence-corrected chi connectivity index (χ2v) is 12.5. The summed E-state index contributed by atoms with van der Waals surface area (Å²) < 4.78 is 7.20. The molecule has 0 saturated carbocycles. The number of pyridine rings is 1. The van der Waals surface area contributed by atoms with Gasteiger partial charge in [-0.25, -0.2) is 4.98 Å². The average molecular weight is 666 g/mol. The zero-order valence-corrected chi connectivity index (χ0v) is 28.0. The van der Waals surface area contributed by atoms with E-state index in [-0.39, 0.29) is 29.7 Å². The van der Waals surface area contributed by atoms with Gasteiger partial charge in [0.05, 0.1) is 29.2 Å². The number of fused-ring (bicyclic) bond motifs is 5. The number of piperidine rings is 1. The molecule has 0 aliphatic carbocycles. The van der Waals surface area contributed by atoms with Gasteiger partial charge < -0.3 is 35.9 Å². The molecule has 4 aromatic rings. The molecule has 1 fully saturated rings. The van der Waals surface area contributed by atoms with Crippen molar-refractivity contribution >= 4 is 46.2 Å². The van der Waals surface area contributed by atoms with Crippen LogP contribution in [-0.2, 0) is 20.7 Å². The number of hydrogen-bond donors (Lipinski definition) is 3. The van der Waals surface area contributed by atoms with Crippen LogP contribution in [0.1, 0.15) is 54.7 Å². The third kappa shape index (κ3) is 7.35. The molecule has 0 bridgehead atoms. The van der Waals surface area contributed by atoms with E-state index in [4.69, 9.17) is 21.2 Å². The molecule has 2 aliphatic rings. The number of likely N-dealkylation sites (N-methyl/N-ethyl adjacent to an activating group) is 1. The van der Waals surface area contributed by atoms with Gasteiger partial charge in [0, 0.05) is 68.4 Å². The van der Waals surface area contributed by atoms with E-state index in [9.17, 15) is 14.4 Å². The van der Waals surface area contributed by atoms with Crippen LogP contribution in [0.2, 0.25) is 0 Å². The Balaban J connectivity index is 1.35. The predicted octanol–water partition coefficient (Wildman–Crippen LogP) is 3.74. The second-order valence-electron chi connectivity index (χ2n) is 12.5. The van der Waals surface area contributed by atoms with Gasteiger partial charge in [0.1, 0.15) is 11.9 Å². The molecule has 13 nitrogen and oxygen atoms in total. The molecule has 4 heterocycles. The number of amides is 2. The maximum atomic E-state index is 13.8. The highest BCUT2D eigenvalue weighted by Crippen LogP contribution is 2.40. The fraction of sp³-hybridized carbons (Fsp3) is 0.389. The van der Waals surface area contributed by atoms with Gasteiger partial charge in [-0.2, -0.15) is 0 Å². The summed E-state index contributed by atoms with van der Waals surface area (Å²) in [5, 5.41) is 3.13. The Kier molecular flexibility index (Phi) is 10.1. The quantitative estimate of drug-likeness (QED) is 0.0933. The second kappa shape index (κ2) is 14.8. The molecule has 2 aromatic heterocycles. The van der Waals surface area contributed by atoms with Crippen LogP contribution >= 0.6 is 0 Å². The topological polar surface area (TPSA) is 174 Å². The fourth-order valence-corrected chi connectivity index (χ4v) is 6.64. The molecule has 2 aliphatic heterocycles. The maximum Gasteiger partial charge on any atom is 0.310 e. The number of anilines is 2. The highest BCUT2D eigenvalue weighted by molar-refractivity contribution is 6.03. The standard InChI is InChI=1S/C36H43N9O4/c1-3-49-35(48)24-8-7-18-44(22-24)34(47)23-11-14-30-29(20-23)41-32-27-21-26(43(2)19-15-25-9-4-5-16-39-25)12-13-28(27)42-33(46)31(45(30)32)10-6-17-40-36(37)38/h4-5,9,11-14,16,20-21,24,31H,3,6-8,10,15,17-19,22H2,1-2H3,(H,42,46)(H4,37,38,40). The predicted molar refractivity (Wildman–Crippen MR) is 189 cm³/mol. The smallest absolute Gasteiger partial charge is 0.310 e. The van der Waals surface area contributed by atoms with E-state index < -0.39 is 6.04 Å². The van der Waals surface area contributed by atoms with E-state index in [1.54, 1.807) is 30.2 Å². The van der Waals surface area contributed by atoms with Crippen molar-refractivity contribution in [3.8, 4) is 11.4 Å². The molecule has 13 heteroatoms. The minimum Gasteiger partial charge on any atom is -0.466 e. The van der Waals surface area contributed by atoms with Crippen LogP contribution in [0.15, 0.2) is 65.8 Å². The van der Waals surface area contributed by atoms with Crippen molar-refractivity contribution in [3.05, 3.63) is 72.1 Å². The molecule has 6 rings (SSSR count). The highest BCUT2D eigenvalue weighted by Gasteiger charge is 2.33. The van der Waals surface area contributed by atoms with Crippen molar-refractivity contribution in [1.82, 2.24) is 19.4 Å².